The van der Waals surface area contributed by atoms with Crippen molar-refractivity contribution in [3.8, 4) is 0 Å². The van der Waals surface area contributed by atoms with Crippen molar-refractivity contribution in [2.24, 2.45) is 5.92 Å². The number of carboxylic acid groups (broad SMARTS) is 1. The highest BCUT2D eigenvalue weighted by Gasteiger charge is 2.19. The van der Waals surface area contributed by atoms with Gasteiger partial charge in [-0.3, -0.25) is 4.79 Å². The third kappa shape index (κ3) is 6.65. The van der Waals surface area contributed by atoms with Gasteiger partial charge in [0.05, 0.1) is 0 Å². The molecule has 0 saturated carbocycles. The molecular weight excluding hydrogens is 313 g/mol. The van der Waals surface area contributed by atoms with Crippen LogP contribution in [0.2, 0.25) is 10.0 Å². The van der Waals surface area contributed by atoms with Gasteiger partial charge in [-0.1, -0.05) is 37.0 Å². The molecule has 0 aliphatic heterocycles. The summed E-state index contributed by atoms with van der Waals surface area (Å²) in [5.41, 5.74) is 0.665. The Morgan fingerprint density at radius 1 is 1.24 bits per heavy atom. The minimum absolute atomic E-state index is 0.169. The smallest absolute Gasteiger partial charge is 0.326 e. The van der Waals surface area contributed by atoms with E-state index in [0.29, 0.717) is 22.0 Å². The van der Waals surface area contributed by atoms with E-state index >= 15 is 0 Å². The third-order valence-electron chi connectivity index (χ3n) is 2.63. The van der Waals surface area contributed by atoms with Gasteiger partial charge in [-0.15, -0.1) is 0 Å². The first-order valence-corrected chi connectivity index (χ1v) is 7.21. The molecule has 0 aliphatic rings. The molecule has 1 aromatic carbocycles. The summed E-state index contributed by atoms with van der Waals surface area (Å²) >= 11 is 11.7. The van der Waals surface area contributed by atoms with Crippen molar-refractivity contribution in [2.45, 2.75) is 26.3 Å². The first kappa shape index (κ1) is 17.5. The van der Waals surface area contributed by atoms with Gasteiger partial charge >= 0.3 is 5.97 Å². The van der Waals surface area contributed by atoms with Crippen molar-refractivity contribution in [1.82, 2.24) is 5.32 Å². The maximum atomic E-state index is 11.8. The largest absolute Gasteiger partial charge is 0.480 e. The Labute approximate surface area is 133 Å². The summed E-state index contributed by atoms with van der Waals surface area (Å²) in [5.74, 6) is -1.35. The molecule has 0 bridgehead atoms. The normalized spacial score (nSPS) is 12.6. The van der Waals surface area contributed by atoms with Crippen LogP contribution in [0.4, 0.5) is 0 Å². The summed E-state index contributed by atoms with van der Waals surface area (Å²) in [7, 11) is 0. The zero-order valence-electron chi connectivity index (χ0n) is 11.8. The lowest BCUT2D eigenvalue weighted by Gasteiger charge is -2.15. The van der Waals surface area contributed by atoms with Crippen molar-refractivity contribution < 1.29 is 14.7 Å². The number of nitrogens with one attached hydrogen (secondary N) is 1. The number of hydrogen-bond acceptors (Lipinski definition) is 2. The number of amides is 1. The number of benzene rings is 1. The molecule has 0 unspecified atom stereocenters. The summed E-state index contributed by atoms with van der Waals surface area (Å²) in [5, 5.41) is 12.4. The molecule has 0 spiro atoms. The molecule has 0 radical (unpaired) electrons. The van der Waals surface area contributed by atoms with E-state index in [2.05, 4.69) is 5.32 Å². The Bertz CT molecular complexity index is 536. The Balaban J connectivity index is 2.71. The molecule has 21 heavy (non-hydrogen) atoms. The van der Waals surface area contributed by atoms with E-state index in [0.717, 1.165) is 0 Å². The molecule has 2 N–H and O–H groups in total. The van der Waals surface area contributed by atoms with Crippen LogP contribution in [0.3, 0.4) is 0 Å². The summed E-state index contributed by atoms with van der Waals surface area (Å²) < 4.78 is 0. The number of rotatable bonds is 6. The molecule has 4 nitrogen and oxygen atoms in total. The quantitative estimate of drug-likeness (QED) is 0.783. The van der Waals surface area contributed by atoms with Crippen molar-refractivity contribution >= 4 is 41.2 Å². The minimum atomic E-state index is -1.05. The van der Waals surface area contributed by atoms with Gasteiger partial charge in [0.2, 0.25) is 5.91 Å². The monoisotopic (exact) mass is 329 g/mol. The topological polar surface area (TPSA) is 66.4 Å². The molecule has 1 rings (SSSR count). The van der Waals surface area contributed by atoms with E-state index in [1.807, 2.05) is 13.8 Å². The number of carboxylic acids is 1. The van der Waals surface area contributed by atoms with Crippen LogP contribution in [-0.4, -0.2) is 23.0 Å². The zero-order chi connectivity index (χ0) is 16.0. The first-order chi connectivity index (χ1) is 9.77. The first-order valence-electron chi connectivity index (χ1n) is 6.45. The molecule has 1 atom stereocenters. The fraction of sp³-hybridized carbons (Fsp3) is 0.333. The van der Waals surface area contributed by atoms with Crippen molar-refractivity contribution in [1.29, 1.82) is 0 Å². The van der Waals surface area contributed by atoms with E-state index in [1.165, 1.54) is 12.2 Å². The van der Waals surface area contributed by atoms with Gasteiger partial charge in [-0.25, -0.2) is 4.79 Å². The van der Waals surface area contributed by atoms with Crippen LogP contribution in [0.25, 0.3) is 6.08 Å². The Morgan fingerprint density at radius 2 is 1.81 bits per heavy atom. The van der Waals surface area contributed by atoms with Crippen LogP contribution in [0.1, 0.15) is 25.8 Å². The molecular formula is C15H17Cl2NO3. The van der Waals surface area contributed by atoms with Crippen LogP contribution < -0.4 is 5.32 Å². The highest BCUT2D eigenvalue weighted by atomic mass is 35.5. The molecule has 114 valence electrons. The number of carbonyl (C=O) groups excluding carboxylic acids is 1. The number of halogens is 2. The summed E-state index contributed by atoms with van der Waals surface area (Å²) in [4.78, 5) is 22.8. The van der Waals surface area contributed by atoms with Gasteiger partial charge in [-0.2, -0.15) is 0 Å². The Morgan fingerprint density at radius 3 is 2.29 bits per heavy atom. The number of carbonyl (C=O) groups is 2. The predicted octanol–water partition coefficient (Wildman–Crippen LogP) is 3.62. The molecule has 0 aliphatic carbocycles. The molecule has 0 heterocycles. The summed E-state index contributed by atoms with van der Waals surface area (Å²) in [6.45, 7) is 3.79. The second kappa shape index (κ2) is 8.05. The molecule has 6 heteroatoms. The second-order valence-corrected chi connectivity index (χ2v) is 5.94. The van der Waals surface area contributed by atoms with Gasteiger partial charge in [0.25, 0.3) is 0 Å². The second-order valence-electron chi connectivity index (χ2n) is 5.07. The maximum Gasteiger partial charge on any atom is 0.326 e. The van der Waals surface area contributed by atoms with Crippen LogP contribution in [0, 0.1) is 5.92 Å². The molecule has 0 fully saturated rings. The fourth-order valence-electron chi connectivity index (χ4n) is 1.76. The minimum Gasteiger partial charge on any atom is -0.480 e. The fourth-order valence-corrected chi connectivity index (χ4v) is 2.30. The van der Waals surface area contributed by atoms with Crippen LogP contribution in [0.5, 0.6) is 0 Å². The highest BCUT2D eigenvalue weighted by Crippen LogP contribution is 2.19. The Hall–Kier alpha value is -1.52. The third-order valence-corrected chi connectivity index (χ3v) is 3.07. The highest BCUT2D eigenvalue weighted by molar-refractivity contribution is 6.34. The summed E-state index contributed by atoms with van der Waals surface area (Å²) in [6.07, 6.45) is 3.16. The predicted molar refractivity (Wildman–Crippen MR) is 84.5 cm³/mol. The van der Waals surface area contributed by atoms with Gasteiger partial charge < -0.3 is 10.4 Å². The molecule has 0 aromatic heterocycles. The lowest BCUT2D eigenvalue weighted by atomic mass is 10.0. The van der Waals surface area contributed by atoms with Gasteiger partial charge in [0.15, 0.2) is 0 Å². The SMILES string of the molecule is CC(C)C[C@H](NC(=O)/C=C/c1cc(Cl)cc(Cl)c1)C(=O)O. The van der Waals surface area contributed by atoms with E-state index < -0.39 is 17.9 Å². The van der Waals surface area contributed by atoms with E-state index in [4.69, 9.17) is 28.3 Å². The lowest BCUT2D eigenvalue weighted by molar-refractivity contribution is -0.141. The van der Waals surface area contributed by atoms with Gasteiger partial charge in [0, 0.05) is 16.1 Å². The van der Waals surface area contributed by atoms with Crippen molar-refractivity contribution in [2.75, 3.05) is 0 Å². The van der Waals surface area contributed by atoms with Gasteiger partial charge in [0.1, 0.15) is 6.04 Å². The van der Waals surface area contributed by atoms with Crippen LogP contribution in [-0.2, 0) is 9.59 Å². The van der Waals surface area contributed by atoms with Crippen molar-refractivity contribution in [3.05, 3.63) is 39.9 Å². The van der Waals surface area contributed by atoms with Gasteiger partial charge in [-0.05, 0) is 42.2 Å². The van der Waals surface area contributed by atoms with E-state index in [-0.39, 0.29) is 5.92 Å². The maximum absolute atomic E-state index is 11.8. The number of hydrogen-bond donors (Lipinski definition) is 2. The molecule has 1 aromatic rings. The van der Waals surface area contributed by atoms with Crippen molar-refractivity contribution in [3.63, 3.8) is 0 Å². The molecule has 1 amide bonds. The Kier molecular flexibility index (Phi) is 6.72. The zero-order valence-corrected chi connectivity index (χ0v) is 13.3. The van der Waals surface area contributed by atoms with Crippen LogP contribution in [0.15, 0.2) is 24.3 Å². The summed E-state index contributed by atoms with van der Waals surface area (Å²) in [6, 6.07) is 3.99. The lowest BCUT2D eigenvalue weighted by Crippen LogP contribution is -2.40. The molecule has 0 saturated heterocycles. The standard InChI is InChI=1S/C15H17Cl2NO3/c1-9(2)5-13(15(20)21)18-14(19)4-3-10-6-11(16)8-12(17)7-10/h3-4,6-9,13H,5H2,1-2H3,(H,18,19)(H,20,21)/b4-3+/t13-/m0/s1. The van der Waals surface area contributed by atoms with E-state index in [9.17, 15) is 9.59 Å². The average molecular weight is 330 g/mol. The van der Waals surface area contributed by atoms with Crippen LogP contribution >= 0.6 is 23.2 Å². The average Bonchev–Trinajstić information content (AvgIpc) is 2.33. The number of aliphatic carboxylic acids is 1. The van der Waals surface area contributed by atoms with E-state index in [1.54, 1.807) is 18.2 Å².